The number of aryl methyl sites for hydroxylation is 2. The first-order chi connectivity index (χ1) is 9.88. The summed E-state index contributed by atoms with van der Waals surface area (Å²) in [5, 5.41) is 0. The first kappa shape index (κ1) is 17.5. The number of ether oxygens (including phenoxy) is 1. The lowest BCUT2D eigenvalue weighted by molar-refractivity contribution is -0.130. The number of likely N-dealkylation sites (N-methyl/N-ethyl adjacent to an activating group) is 1. The molecule has 4 nitrogen and oxygen atoms in total. The molecule has 21 heavy (non-hydrogen) atoms. The number of hydrogen-bond acceptors (Lipinski definition) is 3. The smallest absolute Gasteiger partial charge is 0.222 e. The number of amides is 1. The average Bonchev–Trinajstić information content (AvgIpc) is 2.36. The summed E-state index contributed by atoms with van der Waals surface area (Å²) in [6.45, 7) is 7.18. The van der Waals surface area contributed by atoms with Crippen molar-refractivity contribution >= 4 is 5.91 Å². The topological polar surface area (TPSA) is 55.6 Å². The van der Waals surface area contributed by atoms with Crippen LogP contribution in [-0.2, 0) is 4.79 Å². The third kappa shape index (κ3) is 7.14. The van der Waals surface area contributed by atoms with E-state index in [0.29, 0.717) is 19.6 Å². The van der Waals surface area contributed by atoms with Gasteiger partial charge in [-0.25, -0.2) is 0 Å². The third-order valence-corrected chi connectivity index (χ3v) is 3.37. The van der Waals surface area contributed by atoms with Crippen LogP contribution in [-0.4, -0.2) is 37.0 Å². The SMILES string of the molecule is Cc1cc(C)cc(OCCN(C)C(=O)CCCC(C)N)c1. The molecular weight excluding hydrogens is 264 g/mol. The van der Waals surface area contributed by atoms with Crippen molar-refractivity contribution in [2.24, 2.45) is 5.73 Å². The van der Waals surface area contributed by atoms with Crippen molar-refractivity contribution in [3.63, 3.8) is 0 Å². The summed E-state index contributed by atoms with van der Waals surface area (Å²) in [6, 6.07) is 6.30. The van der Waals surface area contributed by atoms with Gasteiger partial charge >= 0.3 is 0 Å². The second-order valence-corrected chi connectivity index (χ2v) is 5.86. The first-order valence-corrected chi connectivity index (χ1v) is 7.59. The molecule has 1 amide bonds. The van der Waals surface area contributed by atoms with Crippen LogP contribution in [0.3, 0.4) is 0 Å². The van der Waals surface area contributed by atoms with E-state index in [2.05, 4.69) is 6.07 Å². The molecule has 1 aromatic carbocycles. The Morgan fingerprint density at radius 1 is 1.29 bits per heavy atom. The molecule has 1 atom stereocenters. The van der Waals surface area contributed by atoms with Crippen molar-refractivity contribution in [3.8, 4) is 5.75 Å². The molecule has 0 aromatic heterocycles. The Hall–Kier alpha value is -1.55. The molecule has 0 aliphatic heterocycles. The molecule has 0 saturated heterocycles. The van der Waals surface area contributed by atoms with Gasteiger partial charge in [0.05, 0.1) is 6.54 Å². The lowest BCUT2D eigenvalue weighted by Crippen LogP contribution is -2.31. The largest absolute Gasteiger partial charge is 0.492 e. The Kier molecular flexibility index (Phi) is 7.23. The summed E-state index contributed by atoms with van der Waals surface area (Å²) in [5.74, 6) is 1.02. The maximum atomic E-state index is 11.9. The van der Waals surface area contributed by atoms with Crippen molar-refractivity contribution < 1.29 is 9.53 Å². The molecule has 0 aliphatic rings. The summed E-state index contributed by atoms with van der Waals surface area (Å²) in [6.07, 6.45) is 2.29. The second-order valence-electron chi connectivity index (χ2n) is 5.86. The van der Waals surface area contributed by atoms with Gasteiger partial charge in [0.15, 0.2) is 0 Å². The van der Waals surface area contributed by atoms with E-state index in [1.807, 2.05) is 40.0 Å². The fraction of sp³-hybridized carbons (Fsp3) is 0.588. The molecule has 0 radical (unpaired) electrons. The van der Waals surface area contributed by atoms with E-state index in [0.717, 1.165) is 18.6 Å². The lowest BCUT2D eigenvalue weighted by atomic mass is 10.1. The van der Waals surface area contributed by atoms with Crippen molar-refractivity contribution in [2.45, 2.75) is 46.1 Å². The highest BCUT2D eigenvalue weighted by molar-refractivity contribution is 5.75. The van der Waals surface area contributed by atoms with Crippen LogP contribution in [0.25, 0.3) is 0 Å². The van der Waals surface area contributed by atoms with Crippen molar-refractivity contribution in [2.75, 3.05) is 20.2 Å². The maximum Gasteiger partial charge on any atom is 0.222 e. The molecule has 4 heteroatoms. The number of rotatable bonds is 8. The summed E-state index contributed by atoms with van der Waals surface area (Å²) < 4.78 is 5.72. The zero-order valence-corrected chi connectivity index (χ0v) is 13.7. The van der Waals surface area contributed by atoms with Gasteiger partial charge in [-0.2, -0.15) is 0 Å². The van der Waals surface area contributed by atoms with Crippen molar-refractivity contribution in [1.82, 2.24) is 4.90 Å². The number of carbonyl (C=O) groups is 1. The number of carbonyl (C=O) groups excluding carboxylic acids is 1. The molecule has 0 aliphatic carbocycles. The van der Waals surface area contributed by atoms with Crippen LogP contribution in [0.4, 0.5) is 0 Å². The van der Waals surface area contributed by atoms with Gasteiger partial charge in [-0.1, -0.05) is 6.07 Å². The normalized spacial score (nSPS) is 12.0. The minimum absolute atomic E-state index is 0.152. The van der Waals surface area contributed by atoms with Crippen molar-refractivity contribution in [1.29, 1.82) is 0 Å². The van der Waals surface area contributed by atoms with Crippen LogP contribution < -0.4 is 10.5 Å². The fourth-order valence-corrected chi connectivity index (χ4v) is 2.21. The third-order valence-electron chi connectivity index (χ3n) is 3.37. The van der Waals surface area contributed by atoms with Crippen LogP contribution >= 0.6 is 0 Å². The summed E-state index contributed by atoms with van der Waals surface area (Å²) in [5.41, 5.74) is 8.05. The lowest BCUT2D eigenvalue weighted by Gasteiger charge is -2.18. The van der Waals surface area contributed by atoms with E-state index in [9.17, 15) is 4.79 Å². The van der Waals surface area contributed by atoms with E-state index in [-0.39, 0.29) is 11.9 Å². The van der Waals surface area contributed by atoms with Gasteiger partial charge in [-0.3, -0.25) is 4.79 Å². The number of nitrogens with zero attached hydrogens (tertiary/aromatic N) is 1. The summed E-state index contributed by atoms with van der Waals surface area (Å²) in [4.78, 5) is 13.6. The van der Waals surface area contributed by atoms with Crippen molar-refractivity contribution in [3.05, 3.63) is 29.3 Å². The first-order valence-electron chi connectivity index (χ1n) is 7.59. The number of nitrogens with two attached hydrogens (primary N) is 1. The Balaban J connectivity index is 2.29. The van der Waals surface area contributed by atoms with E-state index >= 15 is 0 Å². The second kappa shape index (κ2) is 8.67. The molecular formula is C17H28N2O2. The summed E-state index contributed by atoms with van der Waals surface area (Å²) >= 11 is 0. The molecule has 2 N–H and O–H groups in total. The monoisotopic (exact) mass is 292 g/mol. The predicted octanol–water partition coefficient (Wildman–Crippen LogP) is 2.66. The Morgan fingerprint density at radius 3 is 2.48 bits per heavy atom. The zero-order chi connectivity index (χ0) is 15.8. The molecule has 0 fully saturated rings. The minimum Gasteiger partial charge on any atom is -0.492 e. The van der Waals surface area contributed by atoms with E-state index < -0.39 is 0 Å². The Labute approximate surface area is 128 Å². The molecule has 0 saturated carbocycles. The fourth-order valence-electron chi connectivity index (χ4n) is 2.21. The highest BCUT2D eigenvalue weighted by atomic mass is 16.5. The van der Waals surface area contributed by atoms with Gasteiger partial charge in [0, 0.05) is 19.5 Å². The Bertz CT molecular complexity index is 438. The minimum atomic E-state index is 0.152. The van der Waals surface area contributed by atoms with Gasteiger partial charge in [0.25, 0.3) is 0 Å². The highest BCUT2D eigenvalue weighted by Gasteiger charge is 2.09. The van der Waals surface area contributed by atoms with E-state index in [1.54, 1.807) is 4.90 Å². The van der Waals surface area contributed by atoms with Gasteiger partial charge < -0.3 is 15.4 Å². The van der Waals surface area contributed by atoms with Crippen LogP contribution in [0, 0.1) is 13.8 Å². The number of hydrogen-bond donors (Lipinski definition) is 1. The highest BCUT2D eigenvalue weighted by Crippen LogP contribution is 2.16. The molecule has 1 unspecified atom stereocenters. The van der Waals surface area contributed by atoms with Crippen LogP contribution in [0.1, 0.15) is 37.3 Å². The predicted molar refractivity (Wildman–Crippen MR) is 86.5 cm³/mol. The summed E-state index contributed by atoms with van der Waals surface area (Å²) in [7, 11) is 1.82. The molecule has 118 valence electrons. The van der Waals surface area contributed by atoms with Crippen LogP contribution in [0.5, 0.6) is 5.75 Å². The zero-order valence-electron chi connectivity index (χ0n) is 13.7. The number of benzene rings is 1. The average molecular weight is 292 g/mol. The van der Waals surface area contributed by atoms with Crippen LogP contribution in [0.2, 0.25) is 0 Å². The van der Waals surface area contributed by atoms with Gasteiger partial charge in [0.1, 0.15) is 12.4 Å². The molecule has 1 aromatic rings. The Morgan fingerprint density at radius 2 is 1.90 bits per heavy atom. The van der Waals surface area contributed by atoms with Gasteiger partial charge in [-0.15, -0.1) is 0 Å². The van der Waals surface area contributed by atoms with E-state index in [1.165, 1.54) is 11.1 Å². The molecule has 1 rings (SSSR count). The molecule has 0 bridgehead atoms. The quantitative estimate of drug-likeness (QED) is 0.801. The van der Waals surface area contributed by atoms with Gasteiger partial charge in [0.2, 0.25) is 5.91 Å². The molecule has 0 heterocycles. The van der Waals surface area contributed by atoms with E-state index in [4.69, 9.17) is 10.5 Å². The van der Waals surface area contributed by atoms with Crippen LogP contribution in [0.15, 0.2) is 18.2 Å². The molecule has 0 spiro atoms. The van der Waals surface area contributed by atoms with Gasteiger partial charge in [-0.05, 0) is 56.9 Å². The maximum absolute atomic E-state index is 11.9. The standard InChI is InChI=1S/C17H28N2O2/c1-13-10-14(2)12-16(11-13)21-9-8-19(4)17(20)7-5-6-15(3)18/h10-12,15H,5-9,18H2,1-4H3.